The molecule has 0 saturated carbocycles. The number of hydrogen-bond donors (Lipinski definition) is 0. The van der Waals surface area contributed by atoms with E-state index < -0.39 is 0 Å². The second-order valence-corrected chi connectivity index (χ2v) is 6.89. The van der Waals surface area contributed by atoms with Crippen molar-refractivity contribution in [1.29, 1.82) is 0 Å². The van der Waals surface area contributed by atoms with Crippen LogP contribution in [0.15, 0.2) is 56.7 Å². The van der Waals surface area contributed by atoms with Gasteiger partial charge < -0.3 is 4.74 Å². The van der Waals surface area contributed by atoms with Crippen LogP contribution >= 0.6 is 50.3 Å². The summed E-state index contributed by atoms with van der Waals surface area (Å²) in [4.78, 5) is 13.7. The second-order valence-electron chi connectivity index (χ2n) is 3.69. The van der Waals surface area contributed by atoms with Crippen molar-refractivity contribution in [2.24, 2.45) is 0 Å². The number of hydrogen-bond acceptors (Lipinski definition) is 3. The fourth-order valence-corrected chi connectivity index (χ4v) is 3.39. The number of carbonyl (C=O) groups excluding carboxylic acids is 1. The van der Waals surface area contributed by atoms with Gasteiger partial charge in [-0.2, -0.15) is 0 Å². The summed E-state index contributed by atoms with van der Waals surface area (Å²) in [5.41, 5.74) is 0.576. The molecule has 0 fully saturated rings. The Morgan fingerprint density at radius 1 is 1.21 bits per heavy atom. The van der Waals surface area contributed by atoms with Gasteiger partial charge in [-0.3, -0.25) is 0 Å². The zero-order chi connectivity index (χ0) is 13.8. The highest BCUT2D eigenvalue weighted by Gasteiger charge is 2.09. The molecule has 0 bridgehead atoms. The minimum absolute atomic E-state index is 0.307. The average Bonchev–Trinajstić information content (AvgIpc) is 2.42. The van der Waals surface area contributed by atoms with Crippen molar-refractivity contribution < 1.29 is 9.53 Å². The summed E-state index contributed by atoms with van der Waals surface area (Å²) in [7, 11) is 1.39. The Kier molecular flexibility index (Phi) is 5.29. The number of carbonyl (C=O) groups is 1. The quantitative estimate of drug-likeness (QED) is 0.488. The van der Waals surface area contributed by atoms with E-state index in [0.29, 0.717) is 5.56 Å². The van der Waals surface area contributed by atoms with E-state index in [1.54, 1.807) is 17.8 Å². The summed E-state index contributed by atoms with van der Waals surface area (Å²) in [6.07, 6.45) is 0. The van der Waals surface area contributed by atoms with Crippen LogP contribution in [0.4, 0.5) is 0 Å². The molecule has 2 aromatic rings. The third-order valence-corrected chi connectivity index (χ3v) is 5.27. The minimum atomic E-state index is -0.307. The Morgan fingerprint density at radius 2 is 1.89 bits per heavy atom. The van der Waals surface area contributed by atoms with Gasteiger partial charge in [0.05, 0.1) is 12.7 Å². The van der Waals surface area contributed by atoms with Crippen LogP contribution in [0.2, 0.25) is 0 Å². The van der Waals surface area contributed by atoms with Crippen LogP contribution in [0.3, 0.4) is 0 Å². The summed E-state index contributed by atoms with van der Waals surface area (Å²) in [6, 6.07) is 13.7. The first kappa shape index (κ1) is 14.9. The molecular weight excluding hydrogens is 439 g/mol. The molecule has 0 heterocycles. The molecule has 2 nitrogen and oxygen atoms in total. The predicted molar refractivity (Wildman–Crippen MR) is 88.8 cm³/mol. The highest BCUT2D eigenvalue weighted by molar-refractivity contribution is 14.1. The molecule has 0 aliphatic carbocycles. The number of esters is 1. The zero-order valence-electron chi connectivity index (χ0n) is 10.0. The van der Waals surface area contributed by atoms with Crippen LogP contribution in [-0.4, -0.2) is 13.1 Å². The maximum absolute atomic E-state index is 11.4. The molecule has 0 amide bonds. The number of halogens is 2. The molecule has 19 heavy (non-hydrogen) atoms. The maximum atomic E-state index is 11.4. The lowest BCUT2D eigenvalue weighted by molar-refractivity contribution is 0.0600. The van der Waals surface area contributed by atoms with Gasteiger partial charge in [0.15, 0.2) is 0 Å². The number of methoxy groups -OCH3 is 1. The highest BCUT2D eigenvalue weighted by Crippen LogP contribution is 2.32. The zero-order valence-corrected chi connectivity index (χ0v) is 14.6. The van der Waals surface area contributed by atoms with Crippen molar-refractivity contribution in [2.75, 3.05) is 7.11 Å². The van der Waals surface area contributed by atoms with E-state index in [1.165, 1.54) is 7.11 Å². The van der Waals surface area contributed by atoms with E-state index in [0.717, 1.165) is 17.8 Å². The van der Waals surface area contributed by atoms with Gasteiger partial charge in [-0.1, -0.05) is 27.7 Å². The minimum Gasteiger partial charge on any atom is -0.465 e. The molecule has 0 radical (unpaired) electrons. The van der Waals surface area contributed by atoms with E-state index in [-0.39, 0.29) is 5.97 Å². The molecule has 0 aliphatic rings. The van der Waals surface area contributed by atoms with Gasteiger partial charge in [0, 0.05) is 17.8 Å². The molecule has 2 rings (SSSR count). The number of ether oxygens (including phenoxy) is 1. The number of benzene rings is 2. The molecule has 2 aromatic carbocycles. The lowest BCUT2D eigenvalue weighted by Crippen LogP contribution is -2.01. The largest absolute Gasteiger partial charge is 0.465 e. The van der Waals surface area contributed by atoms with Crippen LogP contribution in [0.1, 0.15) is 10.4 Å². The van der Waals surface area contributed by atoms with Crippen molar-refractivity contribution in [3.63, 3.8) is 0 Å². The Hall–Kier alpha value is -0.530. The molecule has 98 valence electrons. The van der Waals surface area contributed by atoms with E-state index in [4.69, 9.17) is 4.74 Å². The molecule has 0 unspecified atom stereocenters. The molecule has 0 atom stereocenters. The van der Waals surface area contributed by atoms with E-state index in [2.05, 4.69) is 50.7 Å². The third-order valence-electron chi connectivity index (χ3n) is 2.39. The van der Waals surface area contributed by atoms with Gasteiger partial charge in [0.25, 0.3) is 0 Å². The fourth-order valence-electron chi connectivity index (χ4n) is 1.46. The van der Waals surface area contributed by atoms with Gasteiger partial charge in [-0.05, 0) is 65.1 Å². The van der Waals surface area contributed by atoms with Crippen LogP contribution in [-0.2, 0) is 4.74 Å². The lowest BCUT2D eigenvalue weighted by Gasteiger charge is -2.06. The van der Waals surface area contributed by atoms with E-state index in [1.807, 2.05) is 24.3 Å². The van der Waals surface area contributed by atoms with Gasteiger partial charge in [0.2, 0.25) is 0 Å². The Balaban J connectivity index is 2.22. The summed E-state index contributed by atoms with van der Waals surface area (Å²) < 4.78 is 6.81. The van der Waals surface area contributed by atoms with Gasteiger partial charge >= 0.3 is 5.97 Å². The topological polar surface area (TPSA) is 26.3 Å². The highest BCUT2D eigenvalue weighted by atomic mass is 127. The standard InChI is InChI=1S/C14H10BrIO2S/c1-18-14(17)9-2-7-13(12(16)8-9)19-11-5-3-10(15)4-6-11/h2-8H,1H3. The van der Waals surface area contributed by atoms with Crippen molar-refractivity contribution in [3.05, 3.63) is 56.1 Å². The first-order valence-electron chi connectivity index (χ1n) is 5.41. The van der Waals surface area contributed by atoms with E-state index >= 15 is 0 Å². The summed E-state index contributed by atoms with van der Waals surface area (Å²) in [5.74, 6) is -0.307. The van der Waals surface area contributed by atoms with E-state index in [9.17, 15) is 4.79 Å². The normalized spacial score (nSPS) is 10.3. The predicted octanol–water partition coefficient (Wildman–Crippen LogP) is 4.99. The van der Waals surface area contributed by atoms with Gasteiger partial charge in [-0.15, -0.1) is 0 Å². The molecular formula is C14H10BrIO2S. The van der Waals surface area contributed by atoms with Crippen molar-refractivity contribution in [3.8, 4) is 0 Å². The smallest absolute Gasteiger partial charge is 0.337 e. The number of rotatable bonds is 3. The molecule has 0 spiro atoms. The van der Waals surface area contributed by atoms with Gasteiger partial charge in [0.1, 0.15) is 0 Å². The Morgan fingerprint density at radius 3 is 2.47 bits per heavy atom. The summed E-state index contributed by atoms with van der Waals surface area (Å²) in [5, 5.41) is 0. The maximum Gasteiger partial charge on any atom is 0.337 e. The second kappa shape index (κ2) is 6.76. The van der Waals surface area contributed by atoms with Crippen molar-refractivity contribution in [1.82, 2.24) is 0 Å². The molecule has 5 heteroatoms. The Labute approximate surface area is 138 Å². The Bertz CT molecular complexity index is 599. The SMILES string of the molecule is COC(=O)c1ccc(Sc2ccc(Br)cc2)c(I)c1. The van der Waals surface area contributed by atoms with Gasteiger partial charge in [-0.25, -0.2) is 4.79 Å². The summed E-state index contributed by atoms with van der Waals surface area (Å²) >= 11 is 7.32. The average molecular weight is 449 g/mol. The summed E-state index contributed by atoms with van der Waals surface area (Å²) in [6.45, 7) is 0. The van der Waals surface area contributed by atoms with Crippen molar-refractivity contribution >= 4 is 56.3 Å². The molecule has 0 aliphatic heterocycles. The molecule has 0 saturated heterocycles. The first-order chi connectivity index (χ1) is 9.10. The first-order valence-corrected chi connectivity index (χ1v) is 8.10. The van der Waals surface area contributed by atoms with Crippen LogP contribution in [0.5, 0.6) is 0 Å². The van der Waals surface area contributed by atoms with Crippen molar-refractivity contribution in [2.45, 2.75) is 9.79 Å². The molecule has 0 N–H and O–H groups in total. The van der Waals surface area contributed by atoms with Crippen LogP contribution < -0.4 is 0 Å². The van der Waals surface area contributed by atoms with Crippen LogP contribution in [0.25, 0.3) is 0 Å². The monoisotopic (exact) mass is 448 g/mol. The third kappa shape index (κ3) is 3.97. The van der Waals surface area contributed by atoms with Crippen LogP contribution in [0, 0.1) is 3.57 Å². The fraction of sp³-hybridized carbons (Fsp3) is 0.0714. The molecule has 0 aromatic heterocycles. The lowest BCUT2D eigenvalue weighted by atomic mass is 10.2.